The summed E-state index contributed by atoms with van der Waals surface area (Å²) < 4.78 is 10.4. The third kappa shape index (κ3) is 4.30. The predicted molar refractivity (Wildman–Crippen MR) is 49.3 cm³/mol. The lowest BCUT2D eigenvalue weighted by Gasteiger charge is -2.22. The summed E-state index contributed by atoms with van der Waals surface area (Å²) in [6.45, 7) is 1.57. The van der Waals surface area contributed by atoms with Crippen molar-refractivity contribution in [2.24, 2.45) is 0 Å². The molecule has 12 heavy (non-hydrogen) atoms. The van der Waals surface area contributed by atoms with Crippen LogP contribution in [0, 0.1) is 0 Å². The predicted octanol–water partition coefficient (Wildman–Crippen LogP) is 0.865. The van der Waals surface area contributed by atoms with E-state index in [0.29, 0.717) is 19.5 Å². The molecule has 1 rings (SSSR count). The van der Waals surface area contributed by atoms with E-state index in [1.165, 1.54) is 0 Å². The van der Waals surface area contributed by atoms with Crippen molar-refractivity contribution in [3.8, 4) is 0 Å². The van der Waals surface area contributed by atoms with Gasteiger partial charge in [0, 0.05) is 12.4 Å². The van der Waals surface area contributed by atoms with Gasteiger partial charge >= 0.3 is 0 Å². The zero-order valence-electron chi connectivity index (χ0n) is 7.20. The Morgan fingerprint density at radius 3 is 3.08 bits per heavy atom. The summed E-state index contributed by atoms with van der Waals surface area (Å²) in [7, 11) is 0. The second kappa shape index (κ2) is 6.71. The lowest BCUT2D eigenvalue weighted by molar-refractivity contribution is -0.130. The van der Waals surface area contributed by atoms with Gasteiger partial charge in [-0.3, -0.25) is 0 Å². The minimum Gasteiger partial charge on any atom is -0.396 e. The lowest BCUT2D eigenvalue weighted by atomic mass is 10.3. The quantitative estimate of drug-likeness (QED) is 0.656. The van der Waals surface area contributed by atoms with E-state index in [1.807, 2.05) is 11.8 Å². The number of aliphatic hydroxyl groups is 1. The van der Waals surface area contributed by atoms with E-state index in [0.717, 1.165) is 31.0 Å². The minimum absolute atomic E-state index is 0.293. The highest BCUT2D eigenvalue weighted by atomic mass is 32.2. The maximum atomic E-state index is 8.54. The Labute approximate surface area is 77.4 Å². The molecule has 1 fully saturated rings. The molecule has 1 heterocycles. The van der Waals surface area contributed by atoms with E-state index in [4.69, 9.17) is 14.6 Å². The van der Waals surface area contributed by atoms with Crippen molar-refractivity contribution in [3.05, 3.63) is 0 Å². The molecule has 1 unspecified atom stereocenters. The van der Waals surface area contributed by atoms with Crippen LogP contribution >= 0.6 is 11.8 Å². The van der Waals surface area contributed by atoms with Crippen LogP contribution in [0.3, 0.4) is 0 Å². The molecule has 0 bridgehead atoms. The fourth-order valence-electron chi connectivity index (χ4n) is 1.01. The molecule has 3 nitrogen and oxygen atoms in total. The van der Waals surface area contributed by atoms with E-state index in [-0.39, 0.29) is 0 Å². The Kier molecular flexibility index (Phi) is 5.77. The highest BCUT2D eigenvalue weighted by Gasteiger charge is 2.13. The second-order valence-corrected chi connectivity index (χ2v) is 3.91. The van der Waals surface area contributed by atoms with Crippen LogP contribution in [0.4, 0.5) is 0 Å². The smallest absolute Gasteiger partial charge is 0.147 e. The molecule has 0 aliphatic carbocycles. The van der Waals surface area contributed by atoms with Crippen LogP contribution in [0.5, 0.6) is 0 Å². The van der Waals surface area contributed by atoms with Crippen molar-refractivity contribution >= 4 is 11.8 Å². The van der Waals surface area contributed by atoms with E-state index in [2.05, 4.69) is 0 Å². The molecule has 1 aliphatic rings. The van der Waals surface area contributed by atoms with Crippen LogP contribution in [0.25, 0.3) is 0 Å². The van der Waals surface area contributed by atoms with E-state index < -0.39 is 0 Å². The summed E-state index contributed by atoms with van der Waals surface area (Å²) in [4.78, 5) is 0. The average molecular weight is 192 g/mol. The average Bonchev–Trinajstić information content (AvgIpc) is 2.14. The number of aliphatic hydroxyl groups excluding tert-OH is 1. The van der Waals surface area contributed by atoms with Crippen molar-refractivity contribution in [3.63, 3.8) is 0 Å². The highest BCUT2D eigenvalue weighted by molar-refractivity contribution is 7.99. The molecular formula is C8H16O3S. The van der Waals surface area contributed by atoms with Crippen molar-refractivity contribution in [2.45, 2.75) is 18.9 Å². The van der Waals surface area contributed by atoms with E-state index in [9.17, 15) is 0 Å². The van der Waals surface area contributed by atoms with Gasteiger partial charge < -0.3 is 14.6 Å². The molecule has 0 aromatic heterocycles. The van der Waals surface area contributed by atoms with Crippen LogP contribution in [0.2, 0.25) is 0 Å². The van der Waals surface area contributed by atoms with Gasteiger partial charge in [-0.05, 0) is 18.6 Å². The first-order chi connectivity index (χ1) is 5.93. The number of ether oxygens (including phenoxy) is 2. The van der Waals surface area contributed by atoms with Crippen LogP contribution in [0.1, 0.15) is 12.8 Å². The van der Waals surface area contributed by atoms with E-state index in [1.54, 1.807) is 0 Å². The van der Waals surface area contributed by atoms with Gasteiger partial charge in [0.15, 0.2) is 0 Å². The lowest BCUT2D eigenvalue weighted by Crippen LogP contribution is -2.25. The molecule has 0 saturated carbocycles. The zero-order chi connectivity index (χ0) is 8.65. The van der Waals surface area contributed by atoms with Crippen LogP contribution in [0.15, 0.2) is 0 Å². The summed E-state index contributed by atoms with van der Waals surface area (Å²) in [5.41, 5.74) is 0. The zero-order valence-corrected chi connectivity index (χ0v) is 8.02. The van der Waals surface area contributed by atoms with Gasteiger partial charge in [0.1, 0.15) is 6.79 Å². The molecule has 1 aliphatic heterocycles. The molecule has 0 aromatic carbocycles. The number of hydrogen-bond acceptors (Lipinski definition) is 4. The number of rotatable bonds is 5. The fourth-order valence-corrected chi connectivity index (χ4v) is 2.04. The third-order valence-corrected chi connectivity index (χ3v) is 2.91. The molecule has 0 spiro atoms. The third-order valence-electron chi connectivity index (χ3n) is 1.72. The highest BCUT2D eigenvalue weighted by Crippen LogP contribution is 2.13. The van der Waals surface area contributed by atoms with Gasteiger partial charge in [0.05, 0.1) is 12.7 Å². The Hall–Kier alpha value is 0.230. The summed E-state index contributed by atoms with van der Waals surface area (Å²) in [6, 6.07) is 0. The molecule has 1 atom stereocenters. The summed E-state index contributed by atoms with van der Waals surface area (Å²) in [5, 5.41) is 8.54. The topological polar surface area (TPSA) is 38.7 Å². The van der Waals surface area contributed by atoms with Crippen LogP contribution < -0.4 is 0 Å². The first-order valence-corrected chi connectivity index (χ1v) is 5.47. The van der Waals surface area contributed by atoms with Crippen molar-refractivity contribution in [2.75, 3.05) is 31.5 Å². The summed E-state index contributed by atoms with van der Waals surface area (Å²) in [5.74, 6) is 2.06. The molecule has 1 saturated heterocycles. The van der Waals surface area contributed by atoms with Gasteiger partial charge in [-0.15, -0.1) is 0 Å². The first kappa shape index (κ1) is 10.3. The van der Waals surface area contributed by atoms with Gasteiger partial charge in [-0.1, -0.05) is 0 Å². The van der Waals surface area contributed by atoms with Gasteiger partial charge in [0.2, 0.25) is 0 Å². The first-order valence-electron chi connectivity index (χ1n) is 4.31. The molecule has 0 amide bonds. The maximum Gasteiger partial charge on any atom is 0.147 e. The van der Waals surface area contributed by atoms with E-state index >= 15 is 0 Å². The Morgan fingerprint density at radius 1 is 1.50 bits per heavy atom. The van der Waals surface area contributed by atoms with Crippen LogP contribution in [-0.4, -0.2) is 42.7 Å². The minimum atomic E-state index is 0.293. The van der Waals surface area contributed by atoms with Crippen molar-refractivity contribution < 1.29 is 14.6 Å². The van der Waals surface area contributed by atoms with Gasteiger partial charge in [-0.2, -0.15) is 11.8 Å². The second-order valence-electron chi connectivity index (χ2n) is 2.76. The van der Waals surface area contributed by atoms with Gasteiger partial charge in [-0.25, -0.2) is 0 Å². The standard InChI is InChI=1S/C8H16O3S/c9-3-1-5-12-6-8-2-4-10-7-11-8/h8-9H,1-7H2. The SMILES string of the molecule is OCCCSCC1CCOCO1. The van der Waals surface area contributed by atoms with Crippen molar-refractivity contribution in [1.82, 2.24) is 0 Å². The fraction of sp³-hybridized carbons (Fsp3) is 1.00. The largest absolute Gasteiger partial charge is 0.396 e. The Balaban J connectivity index is 1.91. The molecule has 1 N–H and O–H groups in total. The Morgan fingerprint density at radius 2 is 2.42 bits per heavy atom. The molecule has 0 aromatic rings. The monoisotopic (exact) mass is 192 g/mol. The molecule has 4 heteroatoms. The maximum absolute atomic E-state index is 8.54. The summed E-state index contributed by atoms with van der Waals surface area (Å²) >= 11 is 1.84. The summed E-state index contributed by atoms with van der Waals surface area (Å²) in [6.07, 6.45) is 2.25. The van der Waals surface area contributed by atoms with Crippen LogP contribution in [-0.2, 0) is 9.47 Å². The number of thioether (sulfide) groups is 1. The normalized spacial score (nSPS) is 24.2. The molecule has 72 valence electrons. The number of hydrogen-bond donors (Lipinski definition) is 1. The van der Waals surface area contributed by atoms with Crippen molar-refractivity contribution in [1.29, 1.82) is 0 Å². The molecule has 0 radical (unpaired) electrons. The Bertz CT molecular complexity index is 104. The van der Waals surface area contributed by atoms with Gasteiger partial charge in [0.25, 0.3) is 0 Å². The molecular weight excluding hydrogens is 176 g/mol.